The van der Waals surface area contributed by atoms with Crippen molar-refractivity contribution in [3.63, 3.8) is 0 Å². The first-order valence-corrected chi connectivity index (χ1v) is 8.45. The van der Waals surface area contributed by atoms with Crippen LogP contribution >= 0.6 is 23.2 Å². The third-order valence-electron chi connectivity index (χ3n) is 3.57. The van der Waals surface area contributed by atoms with E-state index in [1.54, 1.807) is 54.6 Å². The number of carbonyl (C=O) groups excluding carboxylic acids is 2. The van der Waals surface area contributed by atoms with E-state index in [-0.39, 0.29) is 11.5 Å². The van der Waals surface area contributed by atoms with Crippen molar-refractivity contribution < 1.29 is 14.0 Å². The van der Waals surface area contributed by atoms with Gasteiger partial charge < -0.3 is 15.1 Å². The molecule has 1 atom stereocenters. The molecule has 0 unspecified atom stereocenters. The molecule has 132 valence electrons. The first-order chi connectivity index (χ1) is 12.5. The Morgan fingerprint density at radius 2 is 1.69 bits per heavy atom. The zero-order chi connectivity index (χ0) is 18.5. The van der Waals surface area contributed by atoms with Gasteiger partial charge in [-0.3, -0.25) is 9.59 Å². The first-order valence-electron chi connectivity index (χ1n) is 7.70. The zero-order valence-electron chi connectivity index (χ0n) is 13.4. The van der Waals surface area contributed by atoms with Gasteiger partial charge in [0.2, 0.25) is 5.78 Å². The number of furan rings is 1. The number of benzene rings is 2. The average molecular weight is 389 g/mol. The highest BCUT2D eigenvalue weighted by Crippen LogP contribution is 2.25. The summed E-state index contributed by atoms with van der Waals surface area (Å²) in [6.07, 6.45) is 0.363. The summed E-state index contributed by atoms with van der Waals surface area (Å²) < 4.78 is 5.08. The van der Waals surface area contributed by atoms with Gasteiger partial charge in [0.15, 0.2) is 11.9 Å². The molecule has 0 bridgehead atoms. The summed E-state index contributed by atoms with van der Waals surface area (Å²) in [7, 11) is 0. The summed E-state index contributed by atoms with van der Waals surface area (Å²) in [5, 5.41) is 6.33. The quantitative estimate of drug-likeness (QED) is 0.476. The number of ketones is 1. The lowest BCUT2D eigenvalue weighted by Gasteiger charge is -2.20. The fraction of sp³-hybridized carbons (Fsp3) is 0.0526. The van der Waals surface area contributed by atoms with E-state index < -0.39 is 12.1 Å². The maximum atomic E-state index is 12.8. The van der Waals surface area contributed by atoms with Gasteiger partial charge in [-0.1, -0.05) is 53.5 Å². The van der Waals surface area contributed by atoms with Crippen molar-refractivity contribution in [1.29, 1.82) is 0 Å². The molecule has 0 aliphatic heterocycles. The van der Waals surface area contributed by atoms with Crippen LogP contribution < -0.4 is 10.6 Å². The molecule has 26 heavy (non-hydrogen) atoms. The number of amides is 1. The second-order valence-electron chi connectivity index (χ2n) is 5.39. The minimum absolute atomic E-state index is 0.104. The molecular weight excluding hydrogens is 375 g/mol. The van der Waals surface area contributed by atoms with Gasteiger partial charge in [0.05, 0.1) is 16.3 Å². The number of rotatable bonds is 6. The predicted octanol–water partition coefficient (Wildman–Crippen LogP) is 4.64. The Morgan fingerprint density at radius 1 is 0.923 bits per heavy atom. The molecule has 1 amide bonds. The molecule has 2 N–H and O–H groups in total. The number of Topliss-reactive ketones (excluding diaryl/α,β-unsaturated/α-hetero) is 1. The van der Waals surface area contributed by atoms with E-state index in [1.165, 1.54) is 12.3 Å². The van der Waals surface area contributed by atoms with E-state index in [2.05, 4.69) is 10.6 Å². The molecule has 1 heterocycles. The fourth-order valence-electron chi connectivity index (χ4n) is 2.30. The molecule has 0 spiro atoms. The minimum Gasteiger partial charge on any atom is -0.459 e. The number of carbonyl (C=O) groups is 2. The Balaban J connectivity index is 1.86. The molecule has 5 nitrogen and oxygen atoms in total. The fourth-order valence-corrected chi connectivity index (χ4v) is 2.60. The van der Waals surface area contributed by atoms with Gasteiger partial charge in [-0.25, -0.2) is 0 Å². The van der Waals surface area contributed by atoms with Gasteiger partial charge in [-0.15, -0.1) is 0 Å². The van der Waals surface area contributed by atoms with Crippen LogP contribution in [0, 0.1) is 0 Å². The van der Waals surface area contributed by atoms with E-state index in [9.17, 15) is 9.59 Å². The van der Waals surface area contributed by atoms with Crippen LogP contribution in [-0.2, 0) is 0 Å². The van der Waals surface area contributed by atoms with Gasteiger partial charge in [-0.2, -0.15) is 0 Å². The number of hydrogen-bond donors (Lipinski definition) is 2. The molecule has 0 saturated heterocycles. The highest BCUT2D eigenvalue weighted by atomic mass is 35.5. The van der Waals surface area contributed by atoms with Gasteiger partial charge in [-0.05, 0) is 30.3 Å². The number of halogens is 2. The smallest absolute Gasteiger partial charge is 0.288 e. The molecule has 0 aliphatic carbocycles. The highest BCUT2D eigenvalue weighted by Gasteiger charge is 2.23. The highest BCUT2D eigenvalue weighted by molar-refractivity contribution is 6.42. The molecular formula is C19H14Cl2N2O3. The second kappa shape index (κ2) is 8.08. The lowest BCUT2D eigenvalue weighted by molar-refractivity contribution is 0.0853. The molecule has 3 aromatic rings. The summed E-state index contributed by atoms with van der Waals surface area (Å²) in [4.78, 5) is 25.2. The van der Waals surface area contributed by atoms with Crippen LogP contribution in [0.5, 0.6) is 0 Å². The number of hydrogen-bond acceptors (Lipinski definition) is 4. The van der Waals surface area contributed by atoms with Crippen LogP contribution in [0.3, 0.4) is 0 Å². The van der Waals surface area contributed by atoms with Crippen LogP contribution in [0.25, 0.3) is 0 Å². The molecule has 3 rings (SSSR count). The summed E-state index contributed by atoms with van der Waals surface area (Å²) >= 11 is 11.9. The lowest BCUT2D eigenvalue weighted by atomic mass is 10.1. The molecule has 0 fully saturated rings. The van der Waals surface area contributed by atoms with Crippen molar-refractivity contribution in [3.8, 4) is 0 Å². The lowest BCUT2D eigenvalue weighted by Crippen LogP contribution is -2.46. The predicted molar refractivity (Wildman–Crippen MR) is 101 cm³/mol. The molecule has 7 heteroatoms. The summed E-state index contributed by atoms with van der Waals surface area (Å²) in [6, 6.07) is 16.6. The third-order valence-corrected chi connectivity index (χ3v) is 4.31. The van der Waals surface area contributed by atoms with Crippen molar-refractivity contribution in [2.75, 3.05) is 5.32 Å². The van der Waals surface area contributed by atoms with Crippen molar-refractivity contribution in [2.24, 2.45) is 0 Å². The first kappa shape index (κ1) is 18.0. The van der Waals surface area contributed by atoms with Crippen LogP contribution in [-0.4, -0.2) is 17.9 Å². The van der Waals surface area contributed by atoms with Crippen molar-refractivity contribution in [1.82, 2.24) is 5.32 Å². The monoisotopic (exact) mass is 388 g/mol. The van der Waals surface area contributed by atoms with E-state index in [1.807, 2.05) is 0 Å². The van der Waals surface area contributed by atoms with Crippen molar-refractivity contribution in [3.05, 3.63) is 88.3 Å². The van der Waals surface area contributed by atoms with Gasteiger partial charge >= 0.3 is 0 Å². The Morgan fingerprint density at radius 3 is 2.35 bits per heavy atom. The van der Waals surface area contributed by atoms with Gasteiger partial charge in [0.1, 0.15) is 0 Å². The average Bonchev–Trinajstić information content (AvgIpc) is 3.19. The van der Waals surface area contributed by atoms with Gasteiger partial charge in [0, 0.05) is 11.3 Å². The summed E-state index contributed by atoms with van der Waals surface area (Å²) in [5.41, 5.74) is 0.984. The topological polar surface area (TPSA) is 71.3 Å². The molecule has 1 aromatic heterocycles. The van der Waals surface area contributed by atoms with E-state index in [0.29, 0.717) is 21.3 Å². The Kier molecular flexibility index (Phi) is 5.61. The van der Waals surface area contributed by atoms with Crippen LogP contribution in [0.15, 0.2) is 71.3 Å². The van der Waals surface area contributed by atoms with E-state index in [0.717, 1.165) is 0 Å². The SMILES string of the molecule is O=C(N[C@@H](Nc1ccc(Cl)c(Cl)c1)C(=O)c1ccccc1)c1ccco1. The van der Waals surface area contributed by atoms with E-state index in [4.69, 9.17) is 27.6 Å². The Labute approximate surface area is 159 Å². The number of anilines is 1. The molecule has 2 aromatic carbocycles. The molecule has 0 aliphatic rings. The van der Waals surface area contributed by atoms with Crippen LogP contribution in [0.2, 0.25) is 10.0 Å². The van der Waals surface area contributed by atoms with Crippen molar-refractivity contribution in [2.45, 2.75) is 6.17 Å². The Bertz CT molecular complexity index is 912. The summed E-state index contributed by atoms with van der Waals surface area (Å²) in [5.74, 6) is -0.722. The van der Waals surface area contributed by atoms with Crippen molar-refractivity contribution >= 4 is 40.6 Å². The molecule has 0 radical (unpaired) electrons. The second-order valence-corrected chi connectivity index (χ2v) is 6.20. The van der Waals surface area contributed by atoms with Gasteiger partial charge in [0.25, 0.3) is 5.91 Å². The third kappa shape index (κ3) is 4.25. The maximum Gasteiger partial charge on any atom is 0.288 e. The largest absolute Gasteiger partial charge is 0.459 e. The standard InChI is InChI=1S/C19H14Cl2N2O3/c20-14-9-8-13(11-15(14)21)22-18(17(24)12-5-2-1-3-6-12)23-19(25)16-7-4-10-26-16/h1-11,18,22H,(H,23,25)/t18-/m1/s1. The zero-order valence-corrected chi connectivity index (χ0v) is 14.9. The molecule has 0 saturated carbocycles. The normalized spacial score (nSPS) is 11.6. The summed E-state index contributed by atoms with van der Waals surface area (Å²) in [6.45, 7) is 0. The van der Waals surface area contributed by atoms with E-state index >= 15 is 0 Å². The Hall–Kier alpha value is -2.76. The number of nitrogens with one attached hydrogen (secondary N) is 2. The minimum atomic E-state index is -1.02. The maximum absolute atomic E-state index is 12.8. The van der Waals surface area contributed by atoms with Crippen LogP contribution in [0.1, 0.15) is 20.9 Å². The van der Waals surface area contributed by atoms with Crippen LogP contribution in [0.4, 0.5) is 5.69 Å².